The molecule has 1 amide bonds. The van der Waals surface area contributed by atoms with E-state index < -0.39 is 0 Å². The molecular formula is C15H22N2O2. The molecule has 19 heavy (non-hydrogen) atoms. The van der Waals surface area contributed by atoms with E-state index in [4.69, 9.17) is 4.74 Å². The maximum atomic E-state index is 11.9. The molecule has 1 aromatic carbocycles. The van der Waals surface area contributed by atoms with Gasteiger partial charge in [-0.15, -0.1) is 0 Å². The average Bonchev–Trinajstić information content (AvgIpc) is 2.64. The Hall–Kier alpha value is -1.55. The van der Waals surface area contributed by atoms with Gasteiger partial charge in [0.1, 0.15) is 5.75 Å². The minimum atomic E-state index is 0.186. The molecule has 1 N–H and O–H groups in total. The van der Waals surface area contributed by atoms with Gasteiger partial charge in [0.05, 0.1) is 13.7 Å². The maximum absolute atomic E-state index is 11.9. The van der Waals surface area contributed by atoms with Crippen LogP contribution in [0.2, 0.25) is 0 Å². The van der Waals surface area contributed by atoms with Gasteiger partial charge in [-0.2, -0.15) is 0 Å². The third-order valence-corrected chi connectivity index (χ3v) is 3.51. The third kappa shape index (κ3) is 3.47. The van der Waals surface area contributed by atoms with Crippen LogP contribution in [-0.4, -0.2) is 37.6 Å². The molecule has 4 heteroatoms. The number of amides is 1. The van der Waals surface area contributed by atoms with E-state index in [0.29, 0.717) is 13.1 Å². The fourth-order valence-electron chi connectivity index (χ4n) is 2.42. The van der Waals surface area contributed by atoms with E-state index in [-0.39, 0.29) is 5.91 Å². The Morgan fingerprint density at radius 1 is 1.42 bits per heavy atom. The van der Waals surface area contributed by atoms with Crippen molar-refractivity contribution in [3.63, 3.8) is 0 Å². The molecule has 0 aliphatic carbocycles. The Morgan fingerprint density at radius 2 is 2.26 bits per heavy atom. The van der Waals surface area contributed by atoms with Crippen LogP contribution in [0.15, 0.2) is 18.2 Å². The van der Waals surface area contributed by atoms with Gasteiger partial charge in [0, 0.05) is 13.1 Å². The Labute approximate surface area is 114 Å². The van der Waals surface area contributed by atoms with E-state index in [1.54, 1.807) is 7.11 Å². The molecule has 0 atom stereocenters. The van der Waals surface area contributed by atoms with E-state index in [1.165, 1.54) is 11.1 Å². The van der Waals surface area contributed by atoms with Crippen LogP contribution in [0.1, 0.15) is 24.5 Å². The van der Waals surface area contributed by atoms with Crippen LogP contribution in [0, 0.1) is 0 Å². The smallest absolute Gasteiger partial charge is 0.236 e. The van der Waals surface area contributed by atoms with Crippen LogP contribution in [0.3, 0.4) is 0 Å². The van der Waals surface area contributed by atoms with Gasteiger partial charge in [0.15, 0.2) is 0 Å². The van der Waals surface area contributed by atoms with Crippen molar-refractivity contribution in [1.82, 2.24) is 10.2 Å². The van der Waals surface area contributed by atoms with Gasteiger partial charge in [-0.3, -0.25) is 4.79 Å². The Kier molecular flexibility index (Phi) is 4.80. The third-order valence-electron chi connectivity index (χ3n) is 3.51. The lowest BCUT2D eigenvalue weighted by molar-refractivity contribution is -0.130. The molecule has 0 bridgehead atoms. The molecule has 0 unspecified atom stereocenters. The summed E-state index contributed by atoms with van der Waals surface area (Å²) >= 11 is 0. The highest BCUT2D eigenvalue weighted by molar-refractivity contribution is 5.78. The van der Waals surface area contributed by atoms with Gasteiger partial charge >= 0.3 is 0 Å². The highest BCUT2D eigenvalue weighted by atomic mass is 16.5. The number of ether oxygens (including phenoxy) is 1. The normalized spacial score (nSPS) is 16.3. The number of rotatable bonds is 4. The van der Waals surface area contributed by atoms with Gasteiger partial charge in [-0.1, -0.05) is 19.1 Å². The second-order valence-corrected chi connectivity index (χ2v) is 4.85. The topological polar surface area (TPSA) is 41.6 Å². The molecule has 104 valence electrons. The molecule has 1 saturated heterocycles. The van der Waals surface area contributed by atoms with Crippen LogP contribution in [-0.2, 0) is 17.8 Å². The quantitative estimate of drug-likeness (QED) is 0.895. The van der Waals surface area contributed by atoms with E-state index in [9.17, 15) is 4.79 Å². The van der Waals surface area contributed by atoms with E-state index >= 15 is 0 Å². The molecule has 0 saturated carbocycles. The van der Waals surface area contributed by atoms with Crippen molar-refractivity contribution < 1.29 is 9.53 Å². The molecule has 0 aromatic heterocycles. The fourth-order valence-corrected chi connectivity index (χ4v) is 2.42. The van der Waals surface area contributed by atoms with Crippen LogP contribution in [0.5, 0.6) is 5.75 Å². The summed E-state index contributed by atoms with van der Waals surface area (Å²) in [5, 5.41) is 3.14. The first-order valence-corrected chi connectivity index (χ1v) is 6.89. The van der Waals surface area contributed by atoms with Crippen LogP contribution in [0.25, 0.3) is 0 Å². The predicted octanol–water partition coefficient (Wildman–Crippen LogP) is 1.58. The lowest BCUT2D eigenvalue weighted by Crippen LogP contribution is -2.34. The summed E-state index contributed by atoms with van der Waals surface area (Å²) in [7, 11) is 1.69. The summed E-state index contributed by atoms with van der Waals surface area (Å²) in [6.45, 7) is 5.02. The predicted molar refractivity (Wildman–Crippen MR) is 75.3 cm³/mol. The zero-order chi connectivity index (χ0) is 13.7. The molecule has 2 rings (SSSR count). The van der Waals surface area contributed by atoms with Crippen molar-refractivity contribution in [3.8, 4) is 5.75 Å². The number of carbonyl (C=O) groups excluding carboxylic acids is 1. The summed E-state index contributed by atoms with van der Waals surface area (Å²) in [5.74, 6) is 1.11. The Balaban J connectivity index is 2.11. The van der Waals surface area contributed by atoms with Crippen molar-refractivity contribution in [3.05, 3.63) is 29.3 Å². The Morgan fingerprint density at radius 3 is 3.00 bits per heavy atom. The van der Waals surface area contributed by atoms with Crippen molar-refractivity contribution >= 4 is 5.91 Å². The van der Waals surface area contributed by atoms with Gasteiger partial charge in [0.2, 0.25) is 5.91 Å². The lowest BCUT2D eigenvalue weighted by Gasteiger charge is -2.21. The number of hydrogen-bond acceptors (Lipinski definition) is 3. The monoisotopic (exact) mass is 262 g/mol. The first-order chi connectivity index (χ1) is 9.24. The number of aryl methyl sites for hydroxylation is 1. The number of methoxy groups -OCH3 is 1. The fraction of sp³-hybridized carbons (Fsp3) is 0.533. The van der Waals surface area contributed by atoms with Crippen LogP contribution < -0.4 is 10.1 Å². The number of nitrogens with zero attached hydrogens (tertiary/aromatic N) is 1. The molecule has 1 aromatic rings. The second-order valence-electron chi connectivity index (χ2n) is 4.85. The van der Waals surface area contributed by atoms with Gasteiger partial charge in [-0.25, -0.2) is 0 Å². The minimum Gasteiger partial charge on any atom is -0.496 e. The number of benzene rings is 1. The highest BCUT2D eigenvalue weighted by Crippen LogP contribution is 2.21. The molecule has 1 fully saturated rings. The lowest BCUT2D eigenvalue weighted by atomic mass is 10.1. The first-order valence-electron chi connectivity index (χ1n) is 6.89. The standard InChI is InChI=1S/C15H22N2O2/c1-3-13-9-12(5-6-14(13)19-2)11-17-8-4-7-16-10-15(17)18/h5-6,9,16H,3-4,7-8,10-11H2,1-2H3. The van der Waals surface area contributed by atoms with Crippen LogP contribution >= 0.6 is 0 Å². The molecule has 0 radical (unpaired) electrons. The van der Waals surface area contributed by atoms with Crippen molar-refractivity contribution in [2.24, 2.45) is 0 Å². The maximum Gasteiger partial charge on any atom is 0.236 e. The van der Waals surface area contributed by atoms with Gasteiger partial charge < -0.3 is 15.0 Å². The van der Waals surface area contributed by atoms with Crippen molar-refractivity contribution in [2.45, 2.75) is 26.3 Å². The van der Waals surface area contributed by atoms with Crippen LogP contribution in [0.4, 0.5) is 0 Å². The van der Waals surface area contributed by atoms with Gasteiger partial charge in [-0.05, 0) is 36.6 Å². The summed E-state index contributed by atoms with van der Waals surface area (Å²) in [6, 6.07) is 6.18. The molecule has 1 aliphatic rings. The molecular weight excluding hydrogens is 240 g/mol. The number of carbonyl (C=O) groups is 1. The zero-order valence-corrected chi connectivity index (χ0v) is 11.7. The summed E-state index contributed by atoms with van der Waals surface area (Å²) in [5.41, 5.74) is 2.37. The second kappa shape index (κ2) is 6.57. The highest BCUT2D eigenvalue weighted by Gasteiger charge is 2.16. The summed E-state index contributed by atoms with van der Waals surface area (Å²) in [4.78, 5) is 13.9. The minimum absolute atomic E-state index is 0.186. The van der Waals surface area contributed by atoms with Crippen molar-refractivity contribution in [2.75, 3.05) is 26.7 Å². The SMILES string of the molecule is CCc1cc(CN2CCCNCC2=O)ccc1OC. The van der Waals surface area contributed by atoms with E-state index in [0.717, 1.165) is 31.7 Å². The molecule has 1 aliphatic heterocycles. The first kappa shape index (κ1) is 13.9. The van der Waals surface area contributed by atoms with E-state index in [1.807, 2.05) is 17.0 Å². The number of hydrogen-bond donors (Lipinski definition) is 1. The molecule has 0 spiro atoms. The molecule has 4 nitrogen and oxygen atoms in total. The van der Waals surface area contributed by atoms with Gasteiger partial charge in [0.25, 0.3) is 0 Å². The number of nitrogens with one attached hydrogen (secondary N) is 1. The van der Waals surface area contributed by atoms with E-state index in [2.05, 4.69) is 18.3 Å². The Bertz CT molecular complexity index is 446. The summed E-state index contributed by atoms with van der Waals surface area (Å²) < 4.78 is 5.33. The van der Waals surface area contributed by atoms with Crippen molar-refractivity contribution in [1.29, 1.82) is 0 Å². The largest absolute Gasteiger partial charge is 0.496 e. The average molecular weight is 262 g/mol. The zero-order valence-electron chi connectivity index (χ0n) is 11.7. The summed E-state index contributed by atoms with van der Waals surface area (Å²) in [6.07, 6.45) is 1.95. The molecule has 1 heterocycles.